The van der Waals surface area contributed by atoms with Crippen molar-refractivity contribution in [2.24, 2.45) is 0 Å². The molecule has 0 aliphatic carbocycles. The summed E-state index contributed by atoms with van der Waals surface area (Å²) < 4.78 is 14.9. The summed E-state index contributed by atoms with van der Waals surface area (Å²) in [6.45, 7) is 2.62. The van der Waals surface area contributed by atoms with Gasteiger partial charge in [0, 0.05) is 16.6 Å². The number of aromatic nitrogens is 4. The SMILES string of the molecule is CCNc1nc(-c2cc(Br)ccc2F)c2cn[nH]c2n1. The molecule has 5 nitrogen and oxygen atoms in total. The minimum atomic E-state index is -0.336. The predicted molar refractivity (Wildman–Crippen MR) is 78.9 cm³/mol. The van der Waals surface area contributed by atoms with Crippen LogP contribution in [0, 0.1) is 5.82 Å². The summed E-state index contributed by atoms with van der Waals surface area (Å²) in [4.78, 5) is 8.68. The second-order valence-electron chi connectivity index (χ2n) is 4.18. The zero-order valence-corrected chi connectivity index (χ0v) is 12.2. The van der Waals surface area contributed by atoms with Gasteiger partial charge in [-0.05, 0) is 25.1 Å². The van der Waals surface area contributed by atoms with Crippen LogP contribution in [0.5, 0.6) is 0 Å². The molecule has 0 bridgehead atoms. The summed E-state index contributed by atoms with van der Waals surface area (Å²) in [6, 6.07) is 4.75. The first-order valence-electron chi connectivity index (χ1n) is 6.09. The van der Waals surface area contributed by atoms with E-state index in [4.69, 9.17) is 0 Å². The zero-order valence-electron chi connectivity index (χ0n) is 10.6. The van der Waals surface area contributed by atoms with Crippen LogP contribution in [0.4, 0.5) is 10.3 Å². The minimum absolute atomic E-state index is 0.336. The smallest absolute Gasteiger partial charge is 0.225 e. The molecule has 3 aromatic rings. The van der Waals surface area contributed by atoms with Crippen LogP contribution in [-0.4, -0.2) is 26.7 Å². The van der Waals surface area contributed by atoms with Gasteiger partial charge in [0.25, 0.3) is 0 Å². The molecule has 1 aromatic carbocycles. The lowest BCUT2D eigenvalue weighted by Crippen LogP contribution is -2.03. The molecular weight excluding hydrogens is 325 g/mol. The molecule has 0 aliphatic rings. The van der Waals surface area contributed by atoms with E-state index >= 15 is 0 Å². The average Bonchev–Trinajstić information content (AvgIpc) is 2.89. The second kappa shape index (κ2) is 5.16. The van der Waals surface area contributed by atoms with Crippen molar-refractivity contribution >= 4 is 32.9 Å². The maximum atomic E-state index is 14.1. The molecule has 0 unspecified atom stereocenters. The summed E-state index contributed by atoms with van der Waals surface area (Å²) in [7, 11) is 0. The van der Waals surface area contributed by atoms with Crippen LogP contribution in [0.1, 0.15) is 6.92 Å². The second-order valence-corrected chi connectivity index (χ2v) is 5.10. The Morgan fingerprint density at radius 3 is 3.00 bits per heavy atom. The van der Waals surface area contributed by atoms with Gasteiger partial charge < -0.3 is 5.32 Å². The number of nitrogens with one attached hydrogen (secondary N) is 2. The summed E-state index contributed by atoms with van der Waals surface area (Å²) in [5.74, 6) is 0.107. The number of benzene rings is 1. The van der Waals surface area contributed by atoms with Gasteiger partial charge in [-0.1, -0.05) is 15.9 Å². The highest BCUT2D eigenvalue weighted by Crippen LogP contribution is 2.30. The van der Waals surface area contributed by atoms with Gasteiger partial charge in [0.2, 0.25) is 5.95 Å². The monoisotopic (exact) mass is 335 g/mol. The van der Waals surface area contributed by atoms with Crippen LogP contribution in [-0.2, 0) is 0 Å². The van der Waals surface area contributed by atoms with Gasteiger partial charge in [-0.2, -0.15) is 10.1 Å². The Morgan fingerprint density at radius 2 is 2.20 bits per heavy atom. The van der Waals surface area contributed by atoms with E-state index in [9.17, 15) is 4.39 Å². The highest BCUT2D eigenvalue weighted by atomic mass is 79.9. The molecular formula is C13H11BrFN5. The van der Waals surface area contributed by atoms with E-state index in [1.165, 1.54) is 6.07 Å². The van der Waals surface area contributed by atoms with Crippen molar-refractivity contribution < 1.29 is 4.39 Å². The maximum absolute atomic E-state index is 14.1. The van der Waals surface area contributed by atoms with Crippen molar-refractivity contribution in [1.82, 2.24) is 20.2 Å². The van der Waals surface area contributed by atoms with Crippen molar-refractivity contribution in [3.05, 3.63) is 34.7 Å². The van der Waals surface area contributed by atoms with E-state index in [-0.39, 0.29) is 5.82 Å². The average molecular weight is 336 g/mol. The molecule has 0 amide bonds. The molecule has 20 heavy (non-hydrogen) atoms. The van der Waals surface area contributed by atoms with E-state index in [2.05, 4.69) is 41.4 Å². The van der Waals surface area contributed by atoms with Crippen LogP contribution in [0.2, 0.25) is 0 Å². The number of nitrogens with zero attached hydrogens (tertiary/aromatic N) is 3. The minimum Gasteiger partial charge on any atom is -0.354 e. The fourth-order valence-corrected chi connectivity index (χ4v) is 2.32. The Bertz CT molecular complexity index is 771. The number of hydrogen-bond acceptors (Lipinski definition) is 4. The lowest BCUT2D eigenvalue weighted by Gasteiger charge is -2.08. The highest BCUT2D eigenvalue weighted by molar-refractivity contribution is 9.10. The molecule has 0 spiro atoms. The molecule has 2 N–H and O–H groups in total. The maximum Gasteiger partial charge on any atom is 0.225 e. The van der Waals surface area contributed by atoms with Crippen LogP contribution in [0.3, 0.4) is 0 Å². The van der Waals surface area contributed by atoms with E-state index in [1.807, 2.05) is 6.92 Å². The molecule has 3 rings (SSSR count). The van der Waals surface area contributed by atoms with Gasteiger partial charge in [0.1, 0.15) is 5.82 Å². The summed E-state index contributed by atoms with van der Waals surface area (Å²) >= 11 is 3.35. The Hall–Kier alpha value is -2.02. The largest absolute Gasteiger partial charge is 0.354 e. The van der Waals surface area contributed by atoms with Gasteiger partial charge >= 0.3 is 0 Å². The Labute approximate surface area is 122 Å². The first-order chi connectivity index (χ1) is 9.69. The number of hydrogen-bond donors (Lipinski definition) is 2. The number of fused-ring (bicyclic) bond motifs is 1. The van der Waals surface area contributed by atoms with Gasteiger partial charge in [-0.15, -0.1) is 0 Å². The molecule has 0 aliphatic heterocycles. The molecule has 2 aromatic heterocycles. The first-order valence-corrected chi connectivity index (χ1v) is 6.88. The summed E-state index contributed by atoms with van der Waals surface area (Å²) in [5, 5.41) is 10.5. The number of anilines is 1. The predicted octanol–water partition coefficient (Wildman–Crippen LogP) is 3.35. The standard InChI is InChI=1S/C13H11BrFN5/c1-2-16-13-18-11(9-6-17-20-12(9)19-13)8-5-7(14)3-4-10(8)15/h3-6H,2H2,1H3,(H2,16,17,18,19,20). The van der Waals surface area contributed by atoms with Crippen LogP contribution < -0.4 is 5.32 Å². The highest BCUT2D eigenvalue weighted by Gasteiger charge is 2.15. The van der Waals surface area contributed by atoms with Crippen molar-refractivity contribution in [3.63, 3.8) is 0 Å². The van der Waals surface area contributed by atoms with Gasteiger partial charge in [-0.3, -0.25) is 5.10 Å². The fraction of sp³-hybridized carbons (Fsp3) is 0.154. The third-order valence-electron chi connectivity index (χ3n) is 2.83. The molecule has 0 saturated heterocycles. The van der Waals surface area contributed by atoms with Crippen LogP contribution in [0.25, 0.3) is 22.3 Å². The van der Waals surface area contributed by atoms with Crippen molar-refractivity contribution in [2.75, 3.05) is 11.9 Å². The number of rotatable bonds is 3. The van der Waals surface area contributed by atoms with Crippen molar-refractivity contribution in [3.8, 4) is 11.3 Å². The summed E-state index contributed by atoms with van der Waals surface area (Å²) in [5.41, 5.74) is 1.50. The van der Waals surface area contributed by atoms with Crippen molar-refractivity contribution in [1.29, 1.82) is 0 Å². The van der Waals surface area contributed by atoms with E-state index in [1.54, 1.807) is 18.3 Å². The van der Waals surface area contributed by atoms with Gasteiger partial charge in [-0.25, -0.2) is 9.37 Å². The molecule has 102 valence electrons. The fourth-order valence-electron chi connectivity index (χ4n) is 1.96. The number of H-pyrrole nitrogens is 1. The van der Waals surface area contributed by atoms with Gasteiger partial charge in [0.05, 0.1) is 17.3 Å². The normalized spacial score (nSPS) is 10.9. The topological polar surface area (TPSA) is 66.5 Å². The third-order valence-corrected chi connectivity index (χ3v) is 3.32. The third kappa shape index (κ3) is 2.24. The lowest BCUT2D eigenvalue weighted by molar-refractivity contribution is 0.630. The lowest BCUT2D eigenvalue weighted by atomic mass is 10.1. The molecule has 0 saturated carbocycles. The summed E-state index contributed by atoms with van der Waals surface area (Å²) in [6.07, 6.45) is 1.60. The van der Waals surface area contributed by atoms with Gasteiger partial charge in [0.15, 0.2) is 5.65 Å². The molecule has 2 heterocycles. The Kier molecular flexibility index (Phi) is 3.35. The molecule has 0 radical (unpaired) electrons. The Balaban J connectivity index is 2.28. The number of halogens is 2. The molecule has 0 atom stereocenters. The molecule has 7 heteroatoms. The molecule has 0 fully saturated rings. The van der Waals surface area contributed by atoms with Crippen LogP contribution >= 0.6 is 15.9 Å². The quantitative estimate of drug-likeness (QED) is 0.770. The van der Waals surface area contributed by atoms with Crippen LogP contribution in [0.15, 0.2) is 28.9 Å². The Morgan fingerprint density at radius 1 is 1.35 bits per heavy atom. The van der Waals surface area contributed by atoms with E-state index < -0.39 is 0 Å². The van der Waals surface area contributed by atoms with E-state index in [0.717, 1.165) is 4.47 Å². The first kappa shape index (κ1) is 13.0. The van der Waals surface area contributed by atoms with E-state index in [0.29, 0.717) is 34.8 Å². The van der Waals surface area contributed by atoms with Crippen molar-refractivity contribution in [2.45, 2.75) is 6.92 Å². The zero-order chi connectivity index (χ0) is 14.1. The number of aromatic amines is 1.